The highest BCUT2D eigenvalue weighted by Gasteiger charge is 2.37. The number of amides is 7. The zero-order valence-corrected chi connectivity index (χ0v) is 48.5. The van der Waals surface area contributed by atoms with E-state index in [1.54, 1.807) is 111 Å². The monoisotopic (exact) mass is 1120 g/mol. The summed E-state index contributed by atoms with van der Waals surface area (Å²) >= 11 is 0. The molecule has 4 bridgehead atoms. The Morgan fingerprint density at radius 2 is 1.17 bits per heavy atom. The average molecular weight is 1120 g/mol. The van der Waals surface area contributed by atoms with Gasteiger partial charge >= 0.3 is 24.2 Å². The molecule has 7 N–H and O–H groups in total. The summed E-state index contributed by atoms with van der Waals surface area (Å²) in [5.41, 5.74) is 1.89. The number of nitrogens with one attached hydrogen (secondary N) is 6. The van der Waals surface area contributed by atoms with Crippen LogP contribution in [0.3, 0.4) is 0 Å². The number of carboxylic acids is 1. The largest absolute Gasteiger partial charge is 0.491 e. The van der Waals surface area contributed by atoms with Gasteiger partial charge in [-0.05, 0) is 146 Å². The first-order valence-electron chi connectivity index (χ1n) is 27.0. The summed E-state index contributed by atoms with van der Waals surface area (Å²) in [5.74, 6) is -4.24. The van der Waals surface area contributed by atoms with E-state index in [1.165, 1.54) is 31.7 Å². The van der Waals surface area contributed by atoms with E-state index in [2.05, 4.69) is 51.0 Å². The Morgan fingerprint density at radius 3 is 1.69 bits per heavy atom. The lowest BCUT2D eigenvalue weighted by Gasteiger charge is -2.33. The van der Waals surface area contributed by atoms with Gasteiger partial charge < -0.3 is 65.6 Å². The van der Waals surface area contributed by atoms with Crippen molar-refractivity contribution in [2.24, 2.45) is 0 Å². The van der Waals surface area contributed by atoms with Crippen LogP contribution in [0.15, 0.2) is 84.9 Å². The second-order valence-electron chi connectivity index (χ2n) is 22.6. The van der Waals surface area contributed by atoms with E-state index in [0.717, 1.165) is 35.3 Å². The Labute approximate surface area is 473 Å². The second-order valence-corrected chi connectivity index (χ2v) is 22.6. The van der Waals surface area contributed by atoms with Crippen LogP contribution in [0.1, 0.15) is 122 Å². The maximum Gasteiger partial charge on any atom is 0.407 e. The van der Waals surface area contributed by atoms with E-state index in [4.69, 9.17) is 23.7 Å². The number of hydrogen-bond donors (Lipinski definition) is 7. The van der Waals surface area contributed by atoms with Gasteiger partial charge in [-0.15, -0.1) is 0 Å². The number of ether oxygens (including phenoxy) is 5. The van der Waals surface area contributed by atoms with E-state index >= 15 is 4.79 Å². The molecule has 0 saturated carbocycles. The molecule has 438 valence electrons. The Kier molecular flexibility index (Phi) is 22.1. The standard InChI is InChI=1S/C60H79N7O14/c1-13-14-15-37-16-19-39(20-17-37)40-21-23-41(24-22-40)51(69)66-46(35-63-57(76)81-60(9,10)11)53(71)67(12)49-42-25-27-48(78-31-29-62-56(75)80-59(6,7)8)44(34-42)43-32-38(33-45(54(72)73)65-50(68)36(2)64-52(49)70)18-26-47(43)77-30-28-61-55(74)79-58(3,4)5/h16-27,32,34,36,45-46,49H,13-15,28-31,33,35H2,1-12H3,(H,61,74)(H,62,75)(H,63,76)(H,64,70)(H,65,68)(H,66,69)(H,72,73)/t36-,45-,46-,49-/m0/s1. The summed E-state index contributed by atoms with van der Waals surface area (Å²) in [6, 6.07) is 18.4. The van der Waals surface area contributed by atoms with Crippen LogP contribution in [-0.2, 0) is 46.2 Å². The minimum atomic E-state index is -1.60. The van der Waals surface area contributed by atoms with Crippen molar-refractivity contribution < 1.29 is 67.1 Å². The number of carbonyl (C=O) groups is 8. The van der Waals surface area contributed by atoms with Crippen LogP contribution >= 0.6 is 0 Å². The lowest BCUT2D eigenvalue weighted by atomic mass is 9.93. The summed E-state index contributed by atoms with van der Waals surface area (Å²) in [6.45, 7) is 18.1. The maximum atomic E-state index is 15.1. The van der Waals surface area contributed by atoms with E-state index in [-0.39, 0.29) is 60.9 Å². The molecule has 4 aromatic rings. The first-order chi connectivity index (χ1) is 38.0. The number of rotatable bonds is 19. The molecule has 21 heteroatoms. The number of carbonyl (C=O) groups excluding carboxylic acids is 7. The molecule has 1 aliphatic heterocycles. The molecule has 1 aliphatic rings. The van der Waals surface area contributed by atoms with E-state index in [9.17, 15) is 38.7 Å². The smallest absolute Gasteiger partial charge is 0.407 e. The van der Waals surface area contributed by atoms with E-state index < -0.39 is 95.4 Å². The molecule has 21 nitrogen and oxygen atoms in total. The summed E-state index contributed by atoms with van der Waals surface area (Å²) < 4.78 is 28.8. The molecule has 0 aliphatic carbocycles. The second kappa shape index (κ2) is 28.2. The van der Waals surface area contributed by atoms with Crippen molar-refractivity contribution in [2.45, 2.75) is 143 Å². The molecule has 0 fully saturated rings. The molecule has 4 aromatic carbocycles. The molecule has 0 saturated heterocycles. The highest BCUT2D eigenvalue weighted by atomic mass is 16.6. The van der Waals surface area contributed by atoms with E-state index in [1.807, 2.05) is 12.1 Å². The van der Waals surface area contributed by atoms with Crippen LogP contribution in [-0.4, -0.2) is 133 Å². The van der Waals surface area contributed by atoms with Gasteiger partial charge in [0.1, 0.15) is 65.7 Å². The summed E-state index contributed by atoms with van der Waals surface area (Å²) in [5, 5.41) is 26.1. The number of nitrogens with zero attached hydrogens (tertiary/aromatic N) is 1. The number of unbranched alkanes of at least 4 members (excludes halogenated alkanes) is 1. The molecular formula is C60H79N7O14. The first-order valence-corrected chi connectivity index (χ1v) is 27.0. The summed E-state index contributed by atoms with van der Waals surface area (Å²) in [6.07, 6.45) is 0.654. The van der Waals surface area contributed by atoms with Crippen molar-refractivity contribution in [2.75, 3.05) is 39.9 Å². The van der Waals surface area contributed by atoms with Crippen molar-refractivity contribution in [3.05, 3.63) is 107 Å². The van der Waals surface area contributed by atoms with Gasteiger partial charge in [-0.2, -0.15) is 0 Å². The molecule has 5 rings (SSSR count). The summed E-state index contributed by atoms with van der Waals surface area (Å²) in [7, 11) is 1.31. The fourth-order valence-electron chi connectivity index (χ4n) is 8.37. The molecule has 7 amide bonds. The van der Waals surface area contributed by atoms with Gasteiger partial charge in [-0.25, -0.2) is 19.2 Å². The topological polar surface area (TPSA) is 278 Å². The normalized spacial score (nSPS) is 15.9. The predicted molar refractivity (Wildman–Crippen MR) is 304 cm³/mol. The van der Waals surface area contributed by atoms with E-state index in [0.29, 0.717) is 11.1 Å². The van der Waals surface area contributed by atoms with Crippen molar-refractivity contribution >= 4 is 47.9 Å². The quantitative estimate of drug-likeness (QED) is 0.0351. The van der Waals surface area contributed by atoms with Crippen molar-refractivity contribution in [3.63, 3.8) is 0 Å². The van der Waals surface area contributed by atoms with Crippen LogP contribution in [0.2, 0.25) is 0 Å². The van der Waals surface area contributed by atoms with Gasteiger partial charge in [-0.3, -0.25) is 19.2 Å². The molecule has 1 heterocycles. The SMILES string of the molecule is CCCCc1ccc(-c2ccc(C(=O)N[C@@H](CNC(=O)OC(C)(C)C)C(=O)N(C)[C@@H]3C(=O)N[C@@H](C)C(=O)N[C@H](C(=O)O)Cc4ccc(OCCNC(=O)OC(C)(C)C)c(c4)-c4cc3ccc4OCCNC(=O)OC(C)(C)C)cc2)cc1. The zero-order chi connectivity index (χ0) is 59.8. The number of aryl methyl sites for hydroxylation is 1. The first kappa shape index (κ1) is 63.5. The lowest BCUT2D eigenvalue weighted by molar-refractivity contribution is -0.143. The minimum Gasteiger partial charge on any atom is -0.491 e. The third kappa shape index (κ3) is 20.0. The number of aliphatic carboxylic acids is 1. The Morgan fingerprint density at radius 1 is 0.667 bits per heavy atom. The highest BCUT2D eigenvalue weighted by molar-refractivity contribution is 6.00. The van der Waals surface area contributed by atoms with Crippen LogP contribution in [0.4, 0.5) is 14.4 Å². The van der Waals surface area contributed by atoms with Gasteiger partial charge in [0.2, 0.25) is 17.7 Å². The average Bonchev–Trinajstić information content (AvgIpc) is 3.39. The lowest BCUT2D eigenvalue weighted by Crippen LogP contribution is -2.56. The van der Waals surface area contributed by atoms with Gasteiger partial charge in [-0.1, -0.05) is 61.9 Å². The Hall–Kier alpha value is -8.36. The number of alkyl carbamates (subject to hydrolysis) is 3. The Balaban J connectivity index is 1.60. The fourth-order valence-corrected chi connectivity index (χ4v) is 8.37. The van der Waals surface area contributed by atoms with Crippen LogP contribution < -0.4 is 41.4 Å². The van der Waals surface area contributed by atoms with Crippen LogP contribution in [0, 0.1) is 0 Å². The molecule has 0 unspecified atom stereocenters. The van der Waals surface area contributed by atoms with Crippen molar-refractivity contribution in [1.82, 2.24) is 36.8 Å². The molecule has 0 radical (unpaired) electrons. The maximum absolute atomic E-state index is 15.1. The van der Waals surface area contributed by atoms with Crippen LogP contribution in [0.25, 0.3) is 22.3 Å². The van der Waals surface area contributed by atoms with Crippen molar-refractivity contribution in [3.8, 4) is 33.8 Å². The van der Waals surface area contributed by atoms with Gasteiger partial charge in [0.05, 0.1) is 19.6 Å². The number of benzene rings is 4. The zero-order valence-electron chi connectivity index (χ0n) is 48.5. The van der Waals surface area contributed by atoms with Gasteiger partial charge in [0, 0.05) is 30.2 Å². The fraction of sp³-hybridized carbons (Fsp3) is 0.467. The van der Waals surface area contributed by atoms with Gasteiger partial charge in [0.15, 0.2) is 0 Å². The van der Waals surface area contributed by atoms with Gasteiger partial charge in [0.25, 0.3) is 5.91 Å². The highest BCUT2D eigenvalue weighted by Crippen LogP contribution is 2.40. The molecule has 81 heavy (non-hydrogen) atoms. The summed E-state index contributed by atoms with van der Waals surface area (Å²) in [4.78, 5) is 110. The number of hydrogen-bond acceptors (Lipinski definition) is 13. The third-order valence-corrected chi connectivity index (χ3v) is 12.2. The van der Waals surface area contributed by atoms with Crippen molar-refractivity contribution in [1.29, 1.82) is 0 Å². The third-order valence-electron chi connectivity index (χ3n) is 12.2. The minimum absolute atomic E-state index is 0.00424. The molecular weight excluding hydrogens is 1040 g/mol. The predicted octanol–water partition coefficient (Wildman–Crippen LogP) is 7.62. The van der Waals surface area contributed by atoms with Crippen LogP contribution in [0.5, 0.6) is 11.5 Å². The number of fused-ring (bicyclic) bond motifs is 5. The molecule has 0 spiro atoms. The number of carboxylic acid groups (broad SMARTS) is 1. The molecule has 0 aromatic heterocycles. The molecule has 4 atom stereocenters. The Bertz CT molecular complexity index is 2870. The number of likely N-dealkylation sites (N-methyl/N-ethyl adjacent to an activating group) is 1.